The van der Waals surface area contributed by atoms with E-state index >= 15 is 0 Å². The fourth-order valence-electron chi connectivity index (χ4n) is 1.73. The summed E-state index contributed by atoms with van der Waals surface area (Å²) in [6.07, 6.45) is 2.93. The molecule has 1 aromatic heterocycles. The first-order chi connectivity index (χ1) is 10.0. The highest BCUT2D eigenvalue weighted by atomic mass is 35.5. The second kappa shape index (κ2) is 6.11. The lowest BCUT2D eigenvalue weighted by Gasteiger charge is -2.05. The molecule has 2 aromatic rings. The van der Waals surface area contributed by atoms with Crippen LogP contribution in [-0.4, -0.2) is 9.91 Å². The Morgan fingerprint density at radius 3 is 2.76 bits per heavy atom. The van der Waals surface area contributed by atoms with Gasteiger partial charge in [-0.05, 0) is 18.2 Å². The minimum atomic E-state index is -0.755. The standard InChI is InChI=1S/C14H7ClFN3O2/c15-14(12(7-17)9-2-1-5-18-8-9)11-4-3-10(16)6-13(11)19(20)21/h1-6,8H/b14-12+. The van der Waals surface area contributed by atoms with E-state index in [0.717, 1.165) is 12.1 Å². The minimum absolute atomic E-state index is 0.0246. The van der Waals surface area contributed by atoms with Crippen molar-refractivity contribution in [3.8, 4) is 6.07 Å². The largest absolute Gasteiger partial charge is 0.281 e. The number of hydrogen-bond donors (Lipinski definition) is 0. The van der Waals surface area contributed by atoms with Gasteiger partial charge in [0.2, 0.25) is 0 Å². The normalized spacial score (nSPS) is 11.5. The van der Waals surface area contributed by atoms with Gasteiger partial charge in [-0.1, -0.05) is 17.7 Å². The molecule has 0 amide bonds. The van der Waals surface area contributed by atoms with Crippen LogP contribution >= 0.6 is 11.6 Å². The molecule has 0 atom stereocenters. The van der Waals surface area contributed by atoms with Crippen molar-refractivity contribution < 1.29 is 9.31 Å². The number of allylic oxidation sites excluding steroid dienone is 1. The van der Waals surface area contributed by atoms with Gasteiger partial charge in [0.05, 0.1) is 27.2 Å². The van der Waals surface area contributed by atoms with E-state index in [1.807, 2.05) is 6.07 Å². The molecule has 0 aliphatic rings. The van der Waals surface area contributed by atoms with Gasteiger partial charge in [0.15, 0.2) is 0 Å². The Kier molecular flexibility index (Phi) is 4.26. The van der Waals surface area contributed by atoms with Crippen molar-refractivity contribution in [3.63, 3.8) is 0 Å². The molecular weight excluding hydrogens is 297 g/mol. The van der Waals surface area contributed by atoms with Crippen LogP contribution in [0, 0.1) is 27.3 Å². The molecule has 5 nitrogen and oxygen atoms in total. The van der Waals surface area contributed by atoms with E-state index in [2.05, 4.69) is 4.98 Å². The average Bonchev–Trinajstić information content (AvgIpc) is 2.48. The molecule has 104 valence electrons. The number of pyridine rings is 1. The van der Waals surface area contributed by atoms with E-state index in [4.69, 9.17) is 11.6 Å². The highest BCUT2D eigenvalue weighted by molar-refractivity contribution is 6.53. The smallest absolute Gasteiger partial charge is 0.264 e. The third-order valence-corrected chi connectivity index (χ3v) is 3.07. The van der Waals surface area contributed by atoms with Gasteiger partial charge in [-0.3, -0.25) is 15.1 Å². The Morgan fingerprint density at radius 2 is 2.19 bits per heavy atom. The van der Waals surface area contributed by atoms with Crippen LogP contribution in [-0.2, 0) is 0 Å². The maximum Gasteiger partial charge on any atom is 0.281 e. The van der Waals surface area contributed by atoms with Gasteiger partial charge >= 0.3 is 0 Å². The summed E-state index contributed by atoms with van der Waals surface area (Å²) in [5.41, 5.74) is -0.0804. The molecule has 0 aliphatic heterocycles. The summed E-state index contributed by atoms with van der Waals surface area (Å²) in [6, 6.07) is 8.07. The summed E-state index contributed by atoms with van der Waals surface area (Å²) >= 11 is 6.11. The highest BCUT2D eigenvalue weighted by Gasteiger charge is 2.20. The number of hydrogen-bond acceptors (Lipinski definition) is 4. The predicted molar refractivity (Wildman–Crippen MR) is 75.6 cm³/mol. The molecule has 0 spiro atoms. The molecule has 0 unspecified atom stereocenters. The number of nitro groups is 1. The molecule has 0 bridgehead atoms. The number of halogens is 2. The van der Waals surface area contributed by atoms with Crippen LogP contribution in [0.2, 0.25) is 0 Å². The van der Waals surface area contributed by atoms with E-state index < -0.39 is 16.4 Å². The van der Waals surface area contributed by atoms with Gasteiger partial charge in [0.1, 0.15) is 11.9 Å². The molecule has 0 aliphatic carbocycles. The van der Waals surface area contributed by atoms with Gasteiger partial charge in [-0.2, -0.15) is 5.26 Å². The second-order valence-electron chi connectivity index (χ2n) is 3.96. The second-order valence-corrected chi connectivity index (χ2v) is 4.34. The van der Waals surface area contributed by atoms with E-state index in [0.29, 0.717) is 5.56 Å². The van der Waals surface area contributed by atoms with Crippen molar-refractivity contribution in [3.05, 3.63) is 69.8 Å². The van der Waals surface area contributed by atoms with Gasteiger partial charge in [0.25, 0.3) is 5.69 Å². The van der Waals surface area contributed by atoms with Gasteiger partial charge < -0.3 is 0 Å². The van der Waals surface area contributed by atoms with Crippen LogP contribution in [0.4, 0.5) is 10.1 Å². The van der Waals surface area contributed by atoms with Gasteiger partial charge in [-0.15, -0.1) is 0 Å². The zero-order chi connectivity index (χ0) is 15.4. The zero-order valence-corrected chi connectivity index (χ0v) is 11.2. The van der Waals surface area contributed by atoms with Crippen LogP contribution < -0.4 is 0 Å². The Labute approximate surface area is 124 Å². The molecule has 2 rings (SSSR count). The van der Waals surface area contributed by atoms with Crippen LogP contribution in [0.3, 0.4) is 0 Å². The fourth-order valence-corrected chi connectivity index (χ4v) is 2.04. The number of nitriles is 1. The van der Waals surface area contributed by atoms with Crippen LogP contribution in [0.15, 0.2) is 42.7 Å². The molecule has 1 aromatic carbocycles. The summed E-state index contributed by atoms with van der Waals surface area (Å²) < 4.78 is 13.1. The van der Waals surface area contributed by atoms with Gasteiger partial charge in [0, 0.05) is 18.0 Å². The Morgan fingerprint density at radius 1 is 1.43 bits per heavy atom. The minimum Gasteiger partial charge on any atom is -0.264 e. The molecule has 21 heavy (non-hydrogen) atoms. The summed E-state index contributed by atoms with van der Waals surface area (Å²) in [5, 5.41) is 20.1. The molecule has 0 radical (unpaired) electrons. The third kappa shape index (κ3) is 3.04. The summed E-state index contributed by atoms with van der Waals surface area (Å²) in [7, 11) is 0. The molecular formula is C14H7ClFN3O2. The van der Waals surface area contributed by atoms with Crippen LogP contribution in [0.5, 0.6) is 0 Å². The zero-order valence-electron chi connectivity index (χ0n) is 10.5. The average molecular weight is 304 g/mol. The quantitative estimate of drug-likeness (QED) is 0.491. The molecule has 0 saturated carbocycles. The predicted octanol–water partition coefficient (Wildman–Crippen LogP) is 3.76. The fraction of sp³-hybridized carbons (Fsp3) is 0. The first-order valence-corrected chi connectivity index (χ1v) is 6.07. The summed E-state index contributed by atoms with van der Waals surface area (Å²) in [6.45, 7) is 0. The lowest BCUT2D eigenvalue weighted by atomic mass is 10.0. The van der Waals surface area contributed by atoms with E-state index in [-0.39, 0.29) is 16.2 Å². The molecule has 7 heteroatoms. The lowest BCUT2D eigenvalue weighted by Crippen LogP contribution is -1.96. The first-order valence-electron chi connectivity index (χ1n) is 5.69. The van der Waals surface area contributed by atoms with E-state index in [9.17, 15) is 19.8 Å². The summed E-state index contributed by atoms with van der Waals surface area (Å²) in [5.74, 6) is -0.755. The SMILES string of the molecule is N#C/C(=C(\Cl)c1ccc(F)cc1[N+](=O)[O-])c1cccnc1. The number of rotatable bonds is 3. The van der Waals surface area contributed by atoms with Crippen molar-refractivity contribution in [2.75, 3.05) is 0 Å². The Hall–Kier alpha value is -2.78. The highest BCUT2D eigenvalue weighted by Crippen LogP contribution is 2.34. The summed E-state index contributed by atoms with van der Waals surface area (Å²) in [4.78, 5) is 14.1. The molecule has 0 saturated heterocycles. The van der Waals surface area contributed by atoms with Gasteiger partial charge in [-0.25, -0.2) is 4.39 Å². The van der Waals surface area contributed by atoms with E-state index in [1.165, 1.54) is 18.5 Å². The maximum atomic E-state index is 13.1. The van der Waals surface area contributed by atoms with Crippen molar-refractivity contribution >= 4 is 27.9 Å². The Balaban J connectivity index is 2.68. The number of benzene rings is 1. The van der Waals surface area contributed by atoms with Crippen molar-refractivity contribution in [1.29, 1.82) is 5.26 Å². The number of aromatic nitrogens is 1. The van der Waals surface area contributed by atoms with E-state index in [1.54, 1.807) is 12.1 Å². The monoisotopic (exact) mass is 303 g/mol. The topological polar surface area (TPSA) is 79.8 Å². The molecule has 0 N–H and O–H groups in total. The van der Waals surface area contributed by atoms with Crippen molar-refractivity contribution in [2.45, 2.75) is 0 Å². The number of nitro benzene ring substituents is 1. The lowest BCUT2D eigenvalue weighted by molar-refractivity contribution is -0.385. The Bertz CT molecular complexity index is 770. The van der Waals surface area contributed by atoms with Crippen LogP contribution in [0.25, 0.3) is 10.6 Å². The van der Waals surface area contributed by atoms with Crippen molar-refractivity contribution in [1.82, 2.24) is 4.98 Å². The molecule has 1 heterocycles. The first kappa shape index (κ1) is 14.6. The van der Waals surface area contributed by atoms with Crippen molar-refractivity contribution in [2.24, 2.45) is 0 Å². The molecule has 0 fully saturated rings. The third-order valence-electron chi connectivity index (χ3n) is 2.67. The maximum absolute atomic E-state index is 13.1. The van der Waals surface area contributed by atoms with Crippen LogP contribution in [0.1, 0.15) is 11.1 Å². The number of nitrogens with zero attached hydrogens (tertiary/aromatic N) is 3.